The van der Waals surface area contributed by atoms with Gasteiger partial charge in [-0.3, -0.25) is 14.7 Å². The third kappa shape index (κ3) is 4.38. The second kappa shape index (κ2) is 8.84. The van der Waals surface area contributed by atoms with Crippen LogP contribution in [0.3, 0.4) is 0 Å². The van der Waals surface area contributed by atoms with Crippen LogP contribution in [0.4, 0.5) is 0 Å². The van der Waals surface area contributed by atoms with E-state index in [2.05, 4.69) is 24.0 Å². The highest BCUT2D eigenvalue weighted by Gasteiger charge is 2.32. The van der Waals surface area contributed by atoms with Gasteiger partial charge in [0.15, 0.2) is 0 Å². The van der Waals surface area contributed by atoms with E-state index in [9.17, 15) is 9.59 Å². The molecule has 1 N–H and O–H groups in total. The van der Waals surface area contributed by atoms with Crippen LogP contribution in [0.5, 0.6) is 0 Å². The van der Waals surface area contributed by atoms with Gasteiger partial charge in [0.05, 0.1) is 11.8 Å². The lowest BCUT2D eigenvalue weighted by atomic mass is 10.1. The molecule has 1 atom stereocenters. The first-order chi connectivity index (χ1) is 13.1. The average Bonchev–Trinajstić information content (AvgIpc) is 3.09. The number of benzene rings is 1. The van der Waals surface area contributed by atoms with Gasteiger partial charge in [-0.25, -0.2) is 0 Å². The van der Waals surface area contributed by atoms with Gasteiger partial charge in [-0.15, -0.1) is 0 Å². The van der Waals surface area contributed by atoms with Crippen LogP contribution in [0.15, 0.2) is 36.5 Å². The number of hydrogen-bond donors (Lipinski definition) is 1. The summed E-state index contributed by atoms with van der Waals surface area (Å²) in [6.07, 6.45) is 4.53. The van der Waals surface area contributed by atoms with Gasteiger partial charge in [-0.2, -0.15) is 5.10 Å². The SMILES string of the molecule is CCCc1[nH]ncc1C(=O)N1CCC(=O)N(Cc2ccccc2)[C@@H](CC)C1. The maximum absolute atomic E-state index is 13.1. The van der Waals surface area contributed by atoms with Crippen molar-refractivity contribution in [3.8, 4) is 0 Å². The molecule has 1 fully saturated rings. The molecule has 0 bridgehead atoms. The number of carbonyl (C=O) groups is 2. The Kier molecular flexibility index (Phi) is 6.27. The molecule has 0 radical (unpaired) electrons. The first-order valence-electron chi connectivity index (χ1n) is 9.78. The van der Waals surface area contributed by atoms with Crippen LogP contribution in [-0.2, 0) is 17.8 Å². The van der Waals surface area contributed by atoms with E-state index >= 15 is 0 Å². The van der Waals surface area contributed by atoms with Crippen LogP contribution >= 0.6 is 0 Å². The molecule has 2 amide bonds. The third-order valence-corrected chi connectivity index (χ3v) is 5.19. The van der Waals surface area contributed by atoms with Crippen molar-refractivity contribution in [3.05, 3.63) is 53.3 Å². The summed E-state index contributed by atoms with van der Waals surface area (Å²) in [4.78, 5) is 29.6. The molecule has 6 nitrogen and oxygen atoms in total. The molecule has 2 aromatic rings. The molecule has 0 aliphatic carbocycles. The molecule has 6 heteroatoms. The van der Waals surface area contributed by atoms with Crippen molar-refractivity contribution in [2.75, 3.05) is 13.1 Å². The summed E-state index contributed by atoms with van der Waals surface area (Å²) in [5, 5.41) is 7.00. The highest BCUT2D eigenvalue weighted by molar-refractivity contribution is 5.95. The van der Waals surface area contributed by atoms with Gasteiger partial charge in [0, 0.05) is 37.8 Å². The summed E-state index contributed by atoms with van der Waals surface area (Å²) in [6, 6.07) is 10.0. The number of nitrogens with zero attached hydrogens (tertiary/aromatic N) is 3. The lowest BCUT2D eigenvalue weighted by molar-refractivity contribution is -0.133. The predicted octanol–water partition coefficient (Wildman–Crippen LogP) is 3.02. The average molecular weight is 368 g/mol. The minimum atomic E-state index is -0.0278. The van der Waals surface area contributed by atoms with Gasteiger partial charge in [0.25, 0.3) is 5.91 Å². The zero-order valence-electron chi connectivity index (χ0n) is 16.1. The van der Waals surface area contributed by atoms with E-state index in [0.717, 1.165) is 30.5 Å². The van der Waals surface area contributed by atoms with Crippen molar-refractivity contribution in [1.82, 2.24) is 20.0 Å². The van der Waals surface area contributed by atoms with Gasteiger partial charge >= 0.3 is 0 Å². The third-order valence-electron chi connectivity index (χ3n) is 5.19. The molecule has 0 unspecified atom stereocenters. The Hall–Kier alpha value is -2.63. The van der Waals surface area contributed by atoms with Gasteiger partial charge in [-0.1, -0.05) is 50.6 Å². The number of amides is 2. The molecule has 1 aromatic heterocycles. The van der Waals surface area contributed by atoms with E-state index < -0.39 is 0 Å². The highest BCUT2D eigenvalue weighted by atomic mass is 16.2. The van der Waals surface area contributed by atoms with E-state index in [1.54, 1.807) is 6.20 Å². The van der Waals surface area contributed by atoms with Crippen molar-refractivity contribution in [3.63, 3.8) is 0 Å². The normalized spacial score (nSPS) is 17.9. The molecular weight excluding hydrogens is 340 g/mol. The maximum Gasteiger partial charge on any atom is 0.257 e. The van der Waals surface area contributed by atoms with E-state index in [-0.39, 0.29) is 17.9 Å². The second-order valence-electron chi connectivity index (χ2n) is 7.08. The number of hydrogen-bond acceptors (Lipinski definition) is 3. The van der Waals surface area contributed by atoms with E-state index in [0.29, 0.717) is 31.6 Å². The number of rotatable bonds is 6. The number of aryl methyl sites for hydroxylation is 1. The summed E-state index contributed by atoms with van der Waals surface area (Å²) in [7, 11) is 0. The molecule has 0 spiro atoms. The Morgan fingerprint density at radius 3 is 2.74 bits per heavy atom. The summed E-state index contributed by atoms with van der Waals surface area (Å²) in [6.45, 7) is 5.76. The number of aromatic nitrogens is 2. The van der Waals surface area contributed by atoms with E-state index in [1.807, 2.05) is 40.1 Å². The minimum Gasteiger partial charge on any atom is -0.336 e. The van der Waals surface area contributed by atoms with Crippen LogP contribution in [0.25, 0.3) is 0 Å². The summed E-state index contributed by atoms with van der Waals surface area (Å²) in [5.41, 5.74) is 2.63. The van der Waals surface area contributed by atoms with Crippen LogP contribution in [0.2, 0.25) is 0 Å². The number of carbonyl (C=O) groups excluding carboxylic acids is 2. The first-order valence-corrected chi connectivity index (χ1v) is 9.78. The van der Waals surface area contributed by atoms with Crippen LogP contribution in [0, 0.1) is 0 Å². The Morgan fingerprint density at radius 2 is 2.04 bits per heavy atom. The molecule has 1 aromatic carbocycles. The first kappa shape index (κ1) is 19.1. The molecule has 3 rings (SSSR count). The summed E-state index contributed by atoms with van der Waals surface area (Å²) >= 11 is 0. The van der Waals surface area contributed by atoms with Crippen molar-refractivity contribution in [1.29, 1.82) is 0 Å². The van der Waals surface area contributed by atoms with Crippen molar-refractivity contribution in [2.45, 2.75) is 52.1 Å². The fourth-order valence-corrected chi connectivity index (χ4v) is 3.66. The fourth-order valence-electron chi connectivity index (χ4n) is 3.66. The van der Waals surface area contributed by atoms with Gasteiger partial charge in [0.2, 0.25) is 5.91 Å². The molecule has 2 heterocycles. The van der Waals surface area contributed by atoms with Crippen molar-refractivity contribution in [2.24, 2.45) is 0 Å². The standard InChI is InChI=1S/C21H28N4O2/c1-3-8-19-18(13-22-23-19)21(27)24-12-11-20(26)25(17(4-2)15-24)14-16-9-6-5-7-10-16/h5-7,9-10,13,17H,3-4,8,11-12,14-15H2,1-2H3,(H,22,23)/t17-/m0/s1. The molecular formula is C21H28N4O2. The second-order valence-corrected chi connectivity index (χ2v) is 7.08. The molecule has 1 aliphatic rings. The fraction of sp³-hybridized carbons (Fsp3) is 0.476. The molecule has 1 saturated heterocycles. The lowest BCUT2D eigenvalue weighted by Gasteiger charge is -2.31. The number of aromatic amines is 1. The highest BCUT2D eigenvalue weighted by Crippen LogP contribution is 2.20. The monoisotopic (exact) mass is 368 g/mol. The molecule has 1 aliphatic heterocycles. The number of H-pyrrole nitrogens is 1. The van der Waals surface area contributed by atoms with Crippen LogP contribution < -0.4 is 0 Å². The minimum absolute atomic E-state index is 0.0192. The Bertz CT molecular complexity index is 771. The largest absolute Gasteiger partial charge is 0.336 e. The maximum atomic E-state index is 13.1. The molecule has 27 heavy (non-hydrogen) atoms. The quantitative estimate of drug-likeness (QED) is 0.852. The zero-order valence-corrected chi connectivity index (χ0v) is 16.1. The van der Waals surface area contributed by atoms with Crippen LogP contribution in [-0.4, -0.2) is 50.9 Å². The topological polar surface area (TPSA) is 69.3 Å². The van der Waals surface area contributed by atoms with E-state index in [4.69, 9.17) is 0 Å². The van der Waals surface area contributed by atoms with Gasteiger partial charge < -0.3 is 9.80 Å². The van der Waals surface area contributed by atoms with E-state index in [1.165, 1.54) is 0 Å². The Morgan fingerprint density at radius 1 is 1.26 bits per heavy atom. The van der Waals surface area contributed by atoms with Gasteiger partial charge in [-0.05, 0) is 18.4 Å². The zero-order chi connectivity index (χ0) is 19.2. The van der Waals surface area contributed by atoms with Crippen molar-refractivity contribution >= 4 is 11.8 Å². The predicted molar refractivity (Wildman–Crippen MR) is 104 cm³/mol. The number of nitrogens with one attached hydrogen (secondary N) is 1. The smallest absolute Gasteiger partial charge is 0.257 e. The van der Waals surface area contributed by atoms with Crippen LogP contribution in [0.1, 0.15) is 54.7 Å². The van der Waals surface area contributed by atoms with Crippen molar-refractivity contribution < 1.29 is 9.59 Å². The summed E-state index contributed by atoms with van der Waals surface area (Å²) in [5.74, 6) is 0.0852. The van der Waals surface area contributed by atoms with Gasteiger partial charge in [0.1, 0.15) is 0 Å². The Labute approximate surface area is 160 Å². The molecule has 0 saturated carbocycles. The molecule has 144 valence electrons. The summed E-state index contributed by atoms with van der Waals surface area (Å²) < 4.78 is 0. The Balaban J connectivity index is 1.77. The lowest BCUT2D eigenvalue weighted by Crippen LogP contribution is -2.43.